The molecule has 0 saturated heterocycles. The number of nitrogens with two attached hydrogens (primary N) is 1. The minimum Gasteiger partial charge on any atom is -0.497 e. The molecular formula is C27H36BF2N4O2-. The Balaban J connectivity index is 1.49. The van der Waals surface area contributed by atoms with E-state index in [1.54, 1.807) is 32.2 Å². The average molecular weight is 497 g/mol. The molecule has 0 aliphatic carbocycles. The monoisotopic (exact) mass is 497 g/mol. The Hall–Kier alpha value is -3.07. The predicted molar refractivity (Wildman–Crippen MR) is 141 cm³/mol. The lowest BCUT2D eigenvalue weighted by molar-refractivity contribution is -0.121. The maximum Gasteiger partial charge on any atom is 0.529 e. The van der Waals surface area contributed by atoms with Crippen LogP contribution in [-0.4, -0.2) is 42.4 Å². The summed E-state index contributed by atoms with van der Waals surface area (Å²) in [5.41, 5.74) is 9.49. The number of carbonyl (C=O) groups excluding carboxylic acids is 1. The molecule has 1 atom stereocenters. The van der Waals surface area contributed by atoms with Gasteiger partial charge in [0.05, 0.1) is 7.11 Å². The topological polar surface area (TPSA) is 72.5 Å². The number of fused-ring (bicyclic) bond motifs is 2. The number of rotatable bonds is 11. The number of amides is 1. The first-order valence-electron chi connectivity index (χ1n) is 12.8. The average Bonchev–Trinajstić information content (AvgIpc) is 3.40. The summed E-state index contributed by atoms with van der Waals surface area (Å²) >= 11 is 0. The number of hydrogen-bond donors (Lipinski definition) is 2. The van der Waals surface area contributed by atoms with Crippen LogP contribution in [0.4, 0.5) is 8.63 Å². The molecule has 194 valence electrons. The van der Waals surface area contributed by atoms with Crippen LogP contribution >= 0.6 is 0 Å². The second kappa shape index (κ2) is 10.9. The zero-order valence-electron chi connectivity index (χ0n) is 21.4. The van der Waals surface area contributed by atoms with E-state index in [9.17, 15) is 4.79 Å². The second-order valence-corrected chi connectivity index (χ2v) is 9.64. The van der Waals surface area contributed by atoms with Crippen LogP contribution in [0.25, 0.3) is 6.08 Å². The van der Waals surface area contributed by atoms with E-state index in [1.807, 2.05) is 31.2 Å². The molecule has 9 heteroatoms. The maximum absolute atomic E-state index is 16.1. The minimum atomic E-state index is -4.08. The Bertz CT molecular complexity index is 1160. The number of aromatic nitrogens is 1. The number of carbonyl (C=O) groups is 1. The molecule has 6 nitrogen and oxygen atoms in total. The van der Waals surface area contributed by atoms with Crippen LogP contribution in [0.15, 0.2) is 42.1 Å². The highest BCUT2D eigenvalue weighted by Crippen LogP contribution is 2.45. The summed E-state index contributed by atoms with van der Waals surface area (Å²) in [5, 5.41) is 2.95. The predicted octanol–water partition coefficient (Wildman–Crippen LogP) is 4.87. The fourth-order valence-electron chi connectivity index (χ4n) is 5.42. The van der Waals surface area contributed by atoms with Crippen LogP contribution in [0.3, 0.4) is 0 Å². The molecule has 0 saturated carbocycles. The Morgan fingerprint density at radius 1 is 1.14 bits per heavy atom. The molecule has 1 aromatic heterocycles. The van der Waals surface area contributed by atoms with Crippen LogP contribution < -0.4 is 15.8 Å². The van der Waals surface area contributed by atoms with Gasteiger partial charge in [0.1, 0.15) is 5.75 Å². The van der Waals surface area contributed by atoms with Crippen molar-refractivity contribution in [3.63, 3.8) is 0 Å². The highest BCUT2D eigenvalue weighted by molar-refractivity contribution is 6.63. The van der Waals surface area contributed by atoms with Crippen LogP contribution in [-0.2, 0) is 11.2 Å². The maximum atomic E-state index is 16.1. The number of halogens is 2. The van der Waals surface area contributed by atoms with Gasteiger partial charge in [0, 0.05) is 30.4 Å². The minimum absolute atomic E-state index is 0.0458. The number of ether oxygens (including phenoxy) is 1. The number of methoxy groups -OCH3 is 1. The van der Waals surface area contributed by atoms with Gasteiger partial charge in [-0.3, -0.25) is 4.79 Å². The number of nitrogens with one attached hydrogen (secondary N) is 1. The van der Waals surface area contributed by atoms with Crippen molar-refractivity contribution < 1.29 is 18.2 Å². The van der Waals surface area contributed by atoms with Crippen molar-refractivity contribution in [1.82, 2.24) is 14.6 Å². The molecule has 3 heterocycles. The van der Waals surface area contributed by atoms with Gasteiger partial charge in [-0.2, -0.15) is 0 Å². The first kappa shape index (κ1) is 26.0. The summed E-state index contributed by atoms with van der Waals surface area (Å²) in [7, 11) is 1.58. The lowest BCUT2D eigenvalue weighted by Crippen LogP contribution is -2.54. The summed E-state index contributed by atoms with van der Waals surface area (Å²) in [5.74, 6) is 0.641. The Morgan fingerprint density at radius 2 is 1.86 bits per heavy atom. The summed E-state index contributed by atoms with van der Waals surface area (Å²) in [4.78, 5) is 13.6. The van der Waals surface area contributed by atoms with E-state index in [0.717, 1.165) is 42.4 Å². The number of nitrogens with zero attached hydrogens (tertiary/aromatic N) is 2. The molecule has 2 aromatic rings. The lowest BCUT2D eigenvalue weighted by atomic mass is 9.86. The summed E-state index contributed by atoms with van der Waals surface area (Å²) in [6, 6.07) is 6.68. The van der Waals surface area contributed by atoms with Gasteiger partial charge in [0.15, 0.2) is 0 Å². The van der Waals surface area contributed by atoms with Crippen molar-refractivity contribution in [3.8, 4) is 5.75 Å². The van der Waals surface area contributed by atoms with Crippen LogP contribution in [0.1, 0.15) is 66.2 Å². The van der Waals surface area contributed by atoms with Crippen molar-refractivity contribution in [2.24, 2.45) is 5.73 Å². The van der Waals surface area contributed by atoms with Gasteiger partial charge < -0.3 is 33.7 Å². The molecule has 0 radical (unpaired) electrons. The molecule has 2 aliphatic heterocycles. The zero-order valence-corrected chi connectivity index (χ0v) is 21.4. The van der Waals surface area contributed by atoms with Gasteiger partial charge in [0.2, 0.25) is 5.91 Å². The van der Waals surface area contributed by atoms with E-state index in [4.69, 9.17) is 10.5 Å². The highest BCUT2D eigenvalue weighted by atomic mass is 19.2. The first-order valence-corrected chi connectivity index (χ1v) is 12.8. The molecule has 2 aliphatic rings. The quantitative estimate of drug-likeness (QED) is 0.343. The van der Waals surface area contributed by atoms with Crippen LogP contribution in [0, 0.1) is 13.8 Å². The van der Waals surface area contributed by atoms with Crippen LogP contribution in [0.2, 0.25) is 0 Å². The molecule has 3 N–H and O–H groups in total. The largest absolute Gasteiger partial charge is 0.529 e. The molecule has 36 heavy (non-hydrogen) atoms. The van der Waals surface area contributed by atoms with E-state index >= 15 is 8.63 Å². The number of allylic oxidation sites excluding steroid dienone is 1. The molecule has 0 bridgehead atoms. The molecule has 0 spiro atoms. The number of hydrogen-bond acceptors (Lipinski definition) is 4. The van der Waals surface area contributed by atoms with Crippen molar-refractivity contribution in [2.45, 2.75) is 58.4 Å². The SMILES string of the molecule is COc1ccc(C2C=CC3=Cc4c(C)c(CCC(=O)NCCCCCCN)c(C)n4[B-](F)(F)N32)cc1. The second-order valence-electron chi connectivity index (χ2n) is 9.64. The molecule has 4 rings (SSSR count). The smallest absolute Gasteiger partial charge is 0.497 e. The summed E-state index contributed by atoms with van der Waals surface area (Å²) < 4.78 is 38.7. The third-order valence-corrected chi connectivity index (χ3v) is 7.38. The molecule has 1 unspecified atom stereocenters. The Morgan fingerprint density at radius 3 is 2.56 bits per heavy atom. The highest BCUT2D eigenvalue weighted by Gasteiger charge is 2.46. The molecule has 1 aromatic carbocycles. The summed E-state index contributed by atoms with van der Waals surface area (Å²) in [6.45, 7) is 0.866. The molecule has 0 fully saturated rings. The van der Waals surface area contributed by atoms with Gasteiger partial charge in [-0.25, -0.2) is 0 Å². The molecular weight excluding hydrogens is 461 g/mol. The summed E-state index contributed by atoms with van der Waals surface area (Å²) in [6.07, 6.45) is 10.2. The normalized spacial score (nSPS) is 17.6. The Labute approximate surface area is 212 Å². The lowest BCUT2D eigenvalue weighted by Gasteiger charge is -2.48. The number of unbranched alkanes of at least 4 members (excludes halogenated alkanes) is 3. The third kappa shape index (κ3) is 4.94. The van der Waals surface area contributed by atoms with Gasteiger partial charge in [-0.1, -0.05) is 31.1 Å². The van der Waals surface area contributed by atoms with E-state index in [-0.39, 0.29) is 12.3 Å². The van der Waals surface area contributed by atoms with Crippen molar-refractivity contribution in [1.29, 1.82) is 0 Å². The first-order chi connectivity index (χ1) is 17.3. The van der Waals surface area contributed by atoms with E-state index in [0.29, 0.717) is 42.3 Å². The Kier molecular flexibility index (Phi) is 7.88. The fourth-order valence-corrected chi connectivity index (χ4v) is 5.42. The van der Waals surface area contributed by atoms with Gasteiger partial charge in [-0.15, -0.1) is 0 Å². The van der Waals surface area contributed by atoms with Crippen LogP contribution in [0.5, 0.6) is 5.75 Å². The molecule has 1 amide bonds. The van der Waals surface area contributed by atoms with E-state index < -0.39 is 13.0 Å². The number of benzene rings is 1. The van der Waals surface area contributed by atoms with E-state index in [2.05, 4.69) is 5.32 Å². The van der Waals surface area contributed by atoms with Gasteiger partial charge in [-0.05, 0) is 86.3 Å². The fraction of sp³-hybridized carbons (Fsp3) is 0.444. The zero-order chi connectivity index (χ0) is 25.9. The van der Waals surface area contributed by atoms with Crippen molar-refractivity contribution >= 4 is 19.0 Å². The van der Waals surface area contributed by atoms with E-state index in [1.165, 1.54) is 9.29 Å². The van der Waals surface area contributed by atoms with Gasteiger partial charge in [0.25, 0.3) is 0 Å². The third-order valence-electron chi connectivity index (χ3n) is 7.38. The standard InChI is InChI=1S/C27H36BF2N4O2/c1-19-24(13-15-27(35)32-17-7-5-4-6-16-31)20(2)33-26(19)18-22-10-14-25(34(22)28(33,29)30)21-8-11-23(36-3)12-9-21/h8-12,14,18,25H,4-7,13,15-17,31H2,1-3H3,(H,32,35)/q-1. The van der Waals surface area contributed by atoms with Crippen molar-refractivity contribution in [2.75, 3.05) is 20.2 Å². The van der Waals surface area contributed by atoms with Gasteiger partial charge >= 0.3 is 6.97 Å². The van der Waals surface area contributed by atoms with Crippen molar-refractivity contribution in [3.05, 3.63) is 70.2 Å².